The molecule has 0 aliphatic rings. The molecule has 0 aromatic heterocycles. The van der Waals surface area contributed by atoms with Crippen molar-refractivity contribution in [3.8, 4) is 0 Å². The summed E-state index contributed by atoms with van der Waals surface area (Å²) in [6, 6.07) is 14.7. The van der Waals surface area contributed by atoms with Crippen LogP contribution in [0.3, 0.4) is 0 Å². The van der Waals surface area contributed by atoms with E-state index in [9.17, 15) is 0 Å². The van der Waals surface area contributed by atoms with Gasteiger partial charge >= 0.3 is 37.9 Å². The van der Waals surface area contributed by atoms with Gasteiger partial charge in [0.15, 0.2) is 0 Å². The van der Waals surface area contributed by atoms with Crippen LogP contribution < -0.4 is 0 Å². The van der Waals surface area contributed by atoms with Gasteiger partial charge in [-0.15, -0.1) is 29.7 Å². The first-order valence-corrected chi connectivity index (χ1v) is 9.78. The predicted molar refractivity (Wildman–Crippen MR) is 57.7 cm³/mol. The molecule has 13 heavy (non-hydrogen) atoms. The van der Waals surface area contributed by atoms with E-state index in [2.05, 4.69) is 42.5 Å². The molecule has 0 aliphatic heterocycles. The van der Waals surface area contributed by atoms with E-state index in [0.717, 1.165) is 0 Å². The molecule has 0 saturated carbocycles. The van der Waals surface area contributed by atoms with E-state index in [0.29, 0.717) is 0 Å². The standard InChI is InChI=1S/C9H7.CH3.2ClH.Zr/c1-2-5-9-7-3-6-8(9)4-1;;;;/h1-7H;1H3;2*1H;/q2*-1;;;+4/p-2. The van der Waals surface area contributed by atoms with Crippen LogP contribution in [0.2, 0.25) is 0 Å². The molecule has 0 aliphatic carbocycles. The van der Waals surface area contributed by atoms with Crippen molar-refractivity contribution in [2.75, 3.05) is 0 Å². The molecule has 2 aromatic rings. The summed E-state index contributed by atoms with van der Waals surface area (Å²) in [5, 5.41) is 2.66. The van der Waals surface area contributed by atoms with Crippen LogP contribution in [0.4, 0.5) is 0 Å². The largest absolute Gasteiger partial charge is 0.168 e. The maximum Gasteiger partial charge on any atom is -0.0809 e. The van der Waals surface area contributed by atoms with Gasteiger partial charge in [-0.3, -0.25) is 0 Å². The van der Waals surface area contributed by atoms with Gasteiger partial charge in [0.25, 0.3) is 0 Å². The maximum atomic E-state index is 4.93. The van der Waals surface area contributed by atoms with Crippen molar-refractivity contribution in [3.05, 3.63) is 49.9 Å². The van der Waals surface area contributed by atoms with E-state index in [1.54, 1.807) is 0 Å². The first-order chi connectivity index (χ1) is 5.88. The summed E-state index contributed by atoms with van der Waals surface area (Å²) in [4.78, 5) is 0. The van der Waals surface area contributed by atoms with E-state index in [1.807, 2.05) is 0 Å². The number of benzene rings is 1. The Morgan fingerprint density at radius 1 is 1.08 bits per heavy atom. The van der Waals surface area contributed by atoms with Gasteiger partial charge in [0.2, 0.25) is 0 Å². The molecule has 3 heteroatoms. The Morgan fingerprint density at radius 3 is 2.31 bits per heavy atom. The monoisotopic (exact) mass is 290 g/mol. The number of hydrogen-bond donors (Lipinski definition) is 0. The molecule has 0 atom stereocenters. The van der Waals surface area contributed by atoms with Gasteiger partial charge in [-0.05, 0) is 0 Å². The number of fused-ring (bicyclic) bond motifs is 1. The molecule has 2 aromatic carbocycles. The minimum atomic E-state index is -0.826. The van der Waals surface area contributed by atoms with Crippen molar-refractivity contribution >= 4 is 27.8 Å². The molecule has 0 amide bonds. The number of halogens is 2. The number of hydrogen-bond acceptors (Lipinski definition) is 0. The van der Waals surface area contributed by atoms with Gasteiger partial charge in [-0.1, -0.05) is 6.07 Å². The van der Waals surface area contributed by atoms with Crippen LogP contribution in [-0.4, -0.2) is 0 Å². The van der Waals surface area contributed by atoms with Crippen molar-refractivity contribution in [2.45, 2.75) is 0 Å². The van der Waals surface area contributed by atoms with Gasteiger partial charge < -0.3 is 7.43 Å². The van der Waals surface area contributed by atoms with Gasteiger partial charge in [0.1, 0.15) is 0 Å². The first-order valence-electron chi connectivity index (χ1n) is 3.45. The Balaban J connectivity index is 0.000000324. The zero-order valence-corrected chi connectivity index (χ0v) is 11.3. The Hall–Kier alpha value is 0.293. The zero-order valence-electron chi connectivity index (χ0n) is 7.30. The van der Waals surface area contributed by atoms with E-state index in [4.69, 9.17) is 17.0 Å². The van der Waals surface area contributed by atoms with Crippen LogP contribution in [0.1, 0.15) is 0 Å². The Labute approximate surface area is 97.9 Å². The summed E-state index contributed by atoms with van der Waals surface area (Å²) in [5.41, 5.74) is 0. The minimum absolute atomic E-state index is 0. The fourth-order valence-electron chi connectivity index (χ4n) is 1.07. The minimum Gasteiger partial charge on any atom is -0.168 e. The van der Waals surface area contributed by atoms with E-state index >= 15 is 0 Å². The van der Waals surface area contributed by atoms with Gasteiger partial charge in [-0.25, -0.2) is 0 Å². The third-order valence-corrected chi connectivity index (χ3v) is 1.55. The van der Waals surface area contributed by atoms with Crippen molar-refractivity contribution < 1.29 is 20.8 Å². The van der Waals surface area contributed by atoms with Crippen LogP contribution in [0, 0.1) is 7.43 Å². The topological polar surface area (TPSA) is 0 Å². The summed E-state index contributed by atoms with van der Waals surface area (Å²) in [6.45, 7) is 0. The van der Waals surface area contributed by atoms with Crippen molar-refractivity contribution in [3.63, 3.8) is 0 Å². The molecule has 2 rings (SSSR count). The summed E-state index contributed by atoms with van der Waals surface area (Å²) < 4.78 is 0. The molecule has 0 radical (unpaired) electrons. The number of rotatable bonds is 0. The second-order valence-corrected chi connectivity index (χ2v) is 5.96. The smallest absolute Gasteiger partial charge is 0.0809 e. The van der Waals surface area contributed by atoms with Crippen LogP contribution >= 0.6 is 17.0 Å². The van der Waals surface area contributed by atoms with Gasteiger partial charge in [-0.2, -0.15) is 17.5 Å². The predicted octanol–water partition coefficient (Wildman–Crippen LogP) is 4.39. The van der Waals surface area contributed by atoms with Crippen LogP contribution in [0.5, 0.6) is 0 Å². The van der Waals surface area contributed by atoms with Crippen LogP contribution in [0.25, 0.3) is 10.8 Å². The third-order valence-electron chi connectivity index (χ3n) is 1.55. The average molecular weight is 292 g/mol. The molecule has 0 saturated heterocycles. The first kappa shape index (κ1) is 13.3. The van der Waals surface area contributed by atoms with Crippen molar-refractivity contribution in [1.82, 2.24) is 0 Å². The van der Waals surface area contributed by atoms with Gasteiger partial charge in [0.05, 0.1) is 0 Å². The molecule has 0 fully saturated rings. The Morgan fingerprint density at radius 2 is 1.69 bits per heavy atom. The van der Waals surface area contributed by atoms with E-state index in [1.165, 1.54) is 10.8 Å². The normalized spacial score (nSPS) is 7.85. The van der Waals surface area contributed by atoms with Gasteiger partial charge in [0, 0.05) is 0 Å². The summed E-state index contributed by atoms with van der Waals surface area (Å²) in [5.74, 6) is 0. The summed E-state index contributed by atoms with van der Waals surface area (Å²) >= 11 is -0.826. The zero-order chi connectivity index (χ0) is 8.81. The maximum absolute atomic E-state index is 4.93. The SMILES string of the molecule is [CH3-].[Cl][Zr+2][Cl].c1ccc2[cH-]ccc2c1. The quantitative estimate of drug-likeness (QED) is 0.632. The fourth-order valence-corrected chi connectivity index (χ4v) is 1.07. The van der Waals surface area contributed by atoms with E-state index < -0.39 is 20.8 Å². The second kappa shape index (κ2) is 7.67. The molecular weight excluding hydrogens is 282 g/mol. The molecule has 0 N–H and O–H groups in total. The Bertz CT molecular complexity index is 300. The van der Waals surface area contributed by atoms with Crippen molar-refractivity contribution in [1.29, 1.82) is 0 Å². The summed E-state index contributed by atoms with van der Waals surface area (Å²) in [7, 11) is 9.87. The molecule has 0 bridgehead atoms. The average Bonchev–Trinajstić information content (AvgIpc) is 2.52. The molecule has 0 spiro atoms. The Kier molecular flexibility index (Phi) is 7.85. The molecule has 68 valence electrons. The molecule has 0 heterocycles. The van der Waals surface area contributed by atoms with Crippen LogP contribution in [-0.2, 0) is 20.8 Å². The van der Waals surface area contributed by atoms with Crippen LogP contribution in [0.15, 0.2) is 42.5 Å². The van der Waals surface area contributed by atoms with E-state index in [-0.39, 0.29) is 7.43 Å². The summed E-state index contributed by atoms with van der Waals surface area (Å²) in [6.07, 6.45) is 0. The molecule has 0 nitrogen and oxygen atoms in total. The fraction of sp³-hybridized carbons (Fsp3) is 0. The molecule has 0 unspecified atom stereocenters. The molecular formula is C10H10Cl2Zr. The third kappa shape index (κ3) is 4.36. The second-order valence-electron chi connectivity index (χ2n) is 2.23. The van der Waals surface area contributed by atoms with Crippen molar-refractivity contribution in [2.24, 2.45) is 0 Å².